The van der Waals surface area contributed by atoms with E-state index in [1.807, 2.05) is 29.6 Å². The maximum atomic E-state index is 13.1. The van der Waals surface area contributed by atoms with Crippen LogP contribution in [0.15, 0.2) is 46.7 Å². The Labute approximate surface area is 201 Å². The molecule has 2 aromatic carbocycles. The highest BCUT2D eigenvalue weighted by Crippen LogP contribution is 2.31. The summed E-state index contributed by atoms with van der Waals surface area (Å²) in [6, 6.07) is 10.8. The molecule has 0 N–H and O–H groups in total. The summed E-state index contributed by atoms with van der Waals surface area (Å²) in [5.41, 5.74) is 2.81. The van der Waals surface area contributed by atoms with Gasteiger partial charge in [-0.15, -0.1) is 11.3 Å². The van der Waals surface area contributed by atoms with Gasteiger partial charge in [0.15, 0.2) is 5.13 Å². The average molecular weight is 517 g/mol. The van der Waals surface area contributed by atoms with E-state index in [1.54, 1.807) is 18.3 Å². The number of halogens is 3. The van der Waals surface area contributed by atoms with E-state index >= 15 is 0 Å². The summed E-state index contributed by atoms with van der Waals surface area (Å²) in [6.07, 6.45) is 0.733. The molecule has 1 fully saturated rings. The molecule has 1 saturated heterocycles. The second-order valence-corrected chi connectivity index (χ2v) is 11.3. The zero-order valence-electron chi connectivity index (χ0n) is 16.7. The van der Waals surface area contributed by atoms with Crippen molar-refractivity contribution < 1.29 is 8.42 Å². The molecule has 0 radical (unpaired) electrons. The zero-order chi connectivity index (χ0) is 22.2. The van der Waals surface area contributed by atoms with E-state index < -0.39 is 10.0 Å². The molecule has 4 rings (SSSR count). The van der Waals surface area contributed by atoms with Gasteiger partial charge in [0.1, 0.15) is 4.90 Å². The molecule has 1 aromatic heterocycles. The first kappa shape index (κ1) is 22.8. The second kappa shape index (κ2) is 9.25. The predicted octanol–water partition coefficient (Wildman–Crippen LogP) is 5.51. The van der Waals surface area contributed by atoms with Crippen molar-refractivity contribution in [3.05, 3.63) is 73.7 Å². The summed E-state index contributed by atoms with van der Waals surface area (Å²) in [6.45, 7) is 3.63. The molecule has 1 aliphatic heterocycles. The fourth-order valence-corrected chi connectivity index (χ4v) is 6.66. The molecule has 0 aliphatic carbocycles. The molecule has 10 heteroatoms. The average Bonchev–Trinajstić information content (AvgIpc) is 3.21. The van der Waals surface area contributed by atoms with Crippen molar-refractivity contribution in [1.82, 2.24) is 9.29 Å². The van der Waals surface area contributed by atoms with Gasteiger partial charge in [-0.3, -0.25) is 0 Å². The third-order valence-corrected chi connectivity index (χ3v) is 9.15. The Hall–Kier alpha value is -1.35. The Morgan fingerprint density at radius 3 is 2.35 bits per heavy atom. The molecule has 0 spiro atoms. The lowest BCUT2D eigenvalue weighted by molar-refractivity contribution is 0.384. The van der Waals surface area contributed by atoms with Crippen molar-refractivity contribution in [2.75, 3.05) is 31.1 Å². The SMILES string of the molecule is Cc1cc(S(=O)(=O)N2CCN(c3nc(Cc4ccc(Cl)cc4)cs3)CC2)c(Cl)cc1Cl. The maximum Gasteiger partial charge on any atom is 0.244 e. The second-order valence-electron chi connectivity index (χ2n) is 7.35. The number of piperazine rings is 1. The van der Waals surface area contributed by atoms with E-state index in [0.717, 1.165) is 22.8 Å². The van der Waals surface area contributed by atoms with E-state index in [-0.39, 0.29) is 9.92 Å². The Morgan fingerprint density at radius 2 is 1.68 bits per heavy atom. The van der Waals surface area contributed by atoms with Gasteiger partial charge in [-0.05, 0) is 42.3 Å². The summed E-state index contributed by atoms with van der Waals surface area (Å²) in [7, 11) is -3.69. The topological polar surface area (TPSA) is 53.5 Å². The number of aromatic nitrogens is 1. The third-order valence-electron chi connectivity index (χ3n) is 5.18. The number of anilines is 1. The van der Waals surface area contributed by atoms with Crippen molar-refractivity contribution in [2.45, 2.75) is 18.2 Å². The number of hydrogen-bond donors (Lipinski definition) is 0. The summed E-state index contributed by atoms with van der Waals surface area (Å²) in [4.78, 5) is 6.96. The molecule has 0 amide bonds. The van der Waals surface area contributed by atoms with Crippen LogP contribution in [0.5, 0.6) is 0 Å². The molecule has 1 aliphatic rings. The van der Waals surface area contributed by atoms with Crippen LogP contribution in [0.4, 0.5) is 5.13 Å². The summed E-state index contributed by atoms with van der Waals surface area (Å²) in [5.74, 6) is 0. The van der Waals surface area contributed by atoms with Gasteiger partial charge < -0.3 is 4.90 Å². The van der Waals surface area contributed by atoms with Crippen LogP contribution in [-0.2, 0) is 16.4 Å². The molecule has 3 aromatic rings. The maximum absolute atomic E-state index is 13.1. The van der Waals surface area contributed by atoms with Crippen LogP contribution in [-0.4, -0.2) is 43.9 Å². The van der Waals surface area contributed by atoms with Crippen LogP contribution in [0, 0.1) is 6.92 Å². The summed E-state index contributed by atoms with van der Waals surface area (Å²) in [5, 5.41) is 4.26. The highest BCUT2D eigenvalue weighted by Gasteiger charge is 2.31. The van der Waals surface area contributed by atoms with E-state index in [0.29, 0.717) is 41.8 Å². The molecule has 0 saturated carbocycles. The lowest BCUT2D eigenvalue weighted by atomic mass is 10.1. The van der Waals surface area contributed by atoms with Crippen molar-refractivity contribution in [1.29, 1.82) is 0 Å². The van der Waals surface area contributed by atoms with Crippen molar-refractivity contribution in [3.63, 3.8) is 0 Å². The van der Waals surface area contributed by atoms with Crippen molar-refractivity contribution >= 4 is 61.3 Å². The van der Waals surface area contributed by atoms with Gasteiger partial charge in [0.05, 0.1) is 10.7 Å². The van der Waals surface area contributed by atoms with Gasteiger partial charge in [-0.2, -0.15) is 4.31 Å². The fraction of sp³-hybridized carbons (Fsp3) is 0.286. The first-order valence-electron chi connectivity index (χ1n) is 9.63. The lowest BCUT2D eigenvalue weighted by Crippen LogP contribution is -2.48. The molecule has 5 nitrogen and oxygen atoms in total. The minimum atomic E-state index is -3.69. The van der Waals surface area contributed by atoms with Crippen LogP contribution >= 0.6 is 46.1 Å². The number of rotatable bonds is 5. The quantitative estimate of drug-likeness (QED) is 0.448. The molecule has 31 heavy (non-hydrogen) atoms. The number of hydrogen-bond acceptors (Lipinski definition) is 5. The van der Waals surface area contributed by atoms with Crippen molar-refractivity contribution in [2.24, 2.45) is 0 Å². The minimum absolute atomic E-state index is 0.101. The summed E-state index contributed by atoms with van der Waals surface area (Å²) < 4.78 is 27.7. The Kier molecular flexibility index (Phi) is 6.82. The minimum Gasteiger partial charge on any atom is -0.345 e. The van der Waals surface area contributed by atoms with Gasteiger partial charge >= 0.3 is 0 Å². The van der Waals surface area contributed by atoms with Crippen LogP contribution in [0.3, 0.4) is 0 Å². The number of thiazole rings is 1. The molecular weight excluding hydrogens is 497 g/mol. The van der Waals surface area contributed by atoms with Crippen LogP contribution in [0.2, 0.25) is 15.1 Å². The Balaban J connectivity index is 1.42. The van der Waals surface area contributed by atoms with Gasteiger partial charge in [0.2, 0.25) is 10.0 Å². The predicted molar refractivity (Wildman–Crippen MR) is 129 cm³/mol. The largest absolute Gasteiger partial charge is 0.345 e. The molecular formula is C21H20Cl3N3O2S2. The highest BCUT2D eigenvalue weighted by atomic mass is 35.5. The first-order chi connectivity index (χ1) is 14.7. The molecule has 0 bridgehead atoms. The van der Waals surface area contributed by atoms with E-state index in [9.17, 15) is 8.42 Å². The number of sulfonamides is 1. The molecule has 0 atom stereocenters. The number of benzene rings is 2. The fourth-order valence-electron chi connectivity index (χ4n) is 3.42. The van der Waals surface area contributed by atoms with Crippen LogP contribution in [0.1, 0.15) is 16.8 Å². The first-order valence-corrected chi connectivity index (χ1v) is 13.1. The molecule has 2 heterocycles. The lowest BCUT2D eigenvalue weighted by Gasteiger charge is -2.34. The Bertz CT molecular complexity index is 1190. The molecule has 0 unspecified atom stereocenters. The van der Waals surface area contributed by atoms with Gasteiger partial charge in [-0.1, -0.05) is 46.9 Å². The smallest absolute Gasteiger partial charge is 0.244 e. The summed E-state index contributed by atoms with van der Waals surface area (Å²) >= 11 is 19.8. The van der Waals surface area contributed by atoms with Crippen molar-refractivity contribution in [3.8, 4) is 0 Å². The van der Waals surface area contributed by atoms with E-state index in [1.165, 1.54) is 16.4 Å². The van der Waals surface area contributed by atoms with Gasteiger partial charge in [0.25, 0.3) is 0 Å². The van der Waals surface area contributed by atoms with Crippen LogP contribution in [0.25, 0.3) is 0 Å². The number of nitrogens with zero attached hydrogens (tertiary/aromatic N) is 3. The normalized spacial score (nSPS) is 15.4. The van der Waals surface area contributed by atoms with E-state index in [2.05, 4.69) is 4.90 Å². The zero-order valence-corrected chi connectivity index (χ0v) is 20.6. The number of aryl methyl sites for hydroxylation is 1. The highest BCUT2D eigenvalue weighted by molar-refractivity contribution is 7.89. The monoisotopic (exact) mass is 515 g/mol. The third kappa shape index (κ3) is 5.02. The molecule has 164 valence electrons. The van der Waals surface area contributed by atoms with Gasteiger partial charge in [-0.25, -0.2) is 13.4 Å². The van der Waals surface area contributed by atoms with Crippen LogP contribution < -0.4 is 4.90 Å². The van der Waals surface area contributed by atoms with E-state index in [4.69, 9.17) is 39.8 Å². The standard InChI is InChI=1S/C21H20Cl3N3O2S2/c1-14-10-20(19(24)12-18(14)23)31(28,29)27-8-6-26(7-9-27)21-25-17(13-30-21)11-15-2-4-16(22)5-3-15/h2-5,10,12-13H,6-9,11H2,1H3. The Morgan fingerprint density at radius 1 is 1.00 bits per heavy atom. The van der Waals surface area contributed by atoms with Gasteiger partial charge in [0, 0.05) is 48.0 Å².